The van der Waals surface area contributed by atoms with Gasteiger partial charge in [0.1, 0.15) is 17.3 Å². The van der Waals surface area contributed by atoms with Crippen molar-refractivity contribution in [1.82, 2.24) is 9.97 Å². The van der Waals surface area contributed by atoms with E-state index in [2.05, 4.69) is 46.8 Å². The standard InChI is InChI=1S/C25H31ClN5O3S.HI/c1-16(2)35(32,33)23-9-7-6-8-20(23)28-24-19(26)14-27-25(30-24)29-21-12-17-10-11-31(3,4)15-18(17)13-22(21)34-5;/h6-9,12-14,16H,10-11,15H2,1-5H3,(H2,27,28,29,30);1H/q+1;/p-1. The zero-order valence-electron chi connectivity index (χ0n) is 21.0. The zero-order chi connectivity index (χ0) is 25.4. The number of para-hydroxylation sites is 1. The molecule has 0 saturated carbocycles. The van der Waals surface area contributed by atoms with Crippen molar-refractivity contribution in [3.8, 4) is 5.75 Å². The Morgan fingerprint density at radius 2 is 1.81 bits per heavy atom. The van der Waals surface area contributed by atoms with E-state index in [9.17, 15) is 8.42 Å². The number of likely N-dealkylation sites (N-methyl/N-ethyl adjacent to an activating group) is 1. The molecule has 11 heteroatoms. The van der Waals surface area contributed by atoms with Gasteiger partial charge in [0.15, 0.2) is 15.7 Å². The minimum atomic E-state index is -3.51. The maximum absolute atomic E-state index is 12.8. The Bertz CT molecular complexity index is 1370. The van der Waals surface area contributed by atoms with Crippen LogP contribution in [0.2, 0.25) is 5.02 Å². The van der Waals surface area contributed by atoms with Gasteiger partial charge in [0.05, 0.1) is 55.5 Å². The predicted molar refractivity (Wildman–Crippen MR) is 140 cm³/mol. The average molecular weight is 644 g/mol. The summed E-state index contributed by atoms with van der Waals surface area (Å²) >= 11 is 6.37. The number of hydrogen-bond donors (Lipinski definition) is 2. The first-order valence-corrected chi connectivity index (χ1v) is 13.3. The molecule has 194 valence electrons. The third-order valence-corrected chi connectivity index (χ3v) is 8.65. The van der Waals surface area contributed by atoms with Gasteiger partial charge in [0, 0.05) is 12.0 Å². The van der Waals surface area contributed by atoms with Gasteiger partial charge in [0.25, 0.3) is 0 Å². The summed E-state index contributed by atoms with van der Waals surface area (Å²) in [5.74, 6) is 1.31. The van der Waals surface area contributed by atoms with E-state index >= 15 is 0 Å². The van der Waals surface area contributed by atoms with E-state index in [0.717, 1.165) is 29.7 Å². The first kappa shape index (κ1) is 28.4. The van der Waals surface area contributed by atoms with Crippen LogP contribution >= 0.6 is 11.6 Å². The Hall–Kier alpha value is -2.15. The molecular weight excluding hydrogens is 613 g/mol. The molecule has 3 aromatic rings. The number of aromatic nitrogens is 2. The fraction of sp³-hybridized carbons (Fsp3) is 0.360. The normalized spacial score (nSPS) is 14.5. The molecule has 0 aliphatic carbocycles. The zero-order valence-corrected chi connectivity index (χ0v) is 24.7. The molecule has 36 heavy (non-hydrogen) atoms. The minimum absolute atomic E-state index is 0. The van der Waals surface area contributed by atoms with Crippen LogP contribution in [0, 0.1) is 0 Å². The predicted octanol–water partition coefficient (Wildman–Crippen LogP) is 1.94. The van der Waals surface area contributed by atoms with Crippen LogP contribution in [0.15, 0.2) is 47.5 Å². The van der Waals surface area contributed by atoms with Gasteiger partial charge in [-0.2, -0.15) is 4.98 Å². The van der Waals surface area contributed by atoms with Gasteiger partial charge in [-0.1, -0.05) is 23.7 Å². The van der Waals surface area contributed by atoms with Gasteiger partial charge in [-0.3, -0.25) is 0 Å². The maximum Gasteiger partial charge on any atom is 0.229 e. The number of sulfone groups is 1. The molecule has 8 nitrogen and oxygen atoms in total. The lowest BCUT2D eigenvalue weighted by Crippen LogP contribution is -3.00. The van der Waals surface area contributed by atoms with Crippen molar-refractivity contribution in [3.05, 3.63) is 58.7 Å². The number of quaternary nitrogens is 1. The molecule has 1 aliphatic rings. The average Bonchev–Trinajstić information content (AvgIpc) is 2.80. The van der Waals surface area contributed by atoms with Crippen LogP contribution in [-0.4, -0.2) is 55.9 Å². The molecule has 2 heterocycles. The van der Waals surface area contributed by atoms with E-state index < -0.39 is 15.1 Å². The van der Waals surface area contributed by atoms with Gasteiger partial charge in [-0.25, -0.2) is 13.4 Å². The van der Waals surface area contributed by atoms with E-state index in [1.165, 1.54) is 17.3 Å². The smallest absolute Gasteiger partial charge is 0.229 e. The van der Waals surface area contributed by atoms with E-state index in [4.69, 9.17) is 16.3 Å². The van der Waals surface area contributed by atoms with Crippen LogP contribution in [-0.2, 0) is 22.8 Å². The summed E-state index contributed by atoms with van der Waals surface area (Å²) in [5, 5.41) is 6.02. The largest absolute Gasteiger partial charge is 1.00 e. The van der Waals surface area contributed by atoms with Gasteiger partial charge >= 0.3 is 0 Å². The third-order valence-electron chi connectivity index (χ3n) is 6.16. The van der Waals surface area contributed by atoms with Crippen molar-refractivity contribution >= 4 is 44.6 Å². The summed E-state index contributed by atoms with van der Waals surface area (Å²) in [5.41, 5.74) is 3.70. The molecule has 0 radical (unpaired) electrons. The third kappa shape index (κ3) is 6.04. The van der Waals surface area contributed by atoms with Crippen molar-refractivity contribution < 1.29 is 41.6 Å². The highest BCUT2D eigenvalue weighted by molar-refractivity contribution is 7.92. The summed E-state index contributed by atoms with van der Waals surface area (Å²) < 4.78 is 32.2. The number of fused-ring (bicyclic) bond motifs is 1. The van der Waals surface area contributed by atoms with Crippen LogP contribution in [0.3, 0.4) is 0 Å². The highest BCUT2D eigenvalue weighted by Crippen LogP contribution is 2.35. The molecule has 2 aromatic carbocycles. The number of nitrogens with one attached hydrogen (secondary N) is 2. The Balaban J connectivity index is 0.00000361. The number of rotatable bonds is 7. The molecule has 0 saturated heterocycles. The van der Waals surface area contributed by atoms with Gasteiger partial charge < -0.3 is 43.8 Å². The monoisotopic (exact) mass is 643 g/mol. The molecule has 0 fully saturated rings. The first-order chi connectivity index (χ1) is 16.5. The Labute approximate surface area is 235 Å². The topological polar surface area (TPSA) is 93.2 Å². The van der Waals surface area contributed by atoms with Crippen molar-refractivity contribution in [1.29, 1.82) is 0 Å². The second-order valence-corrected chi connectivity index (χ2v) is 12.5. The van der Waals surface area contributed by atoms with Gasteiger partial charge in [0.2, 0.25) is 5.95 Å². The van der Waals surface area contributed by atoms with E-state index in [1.54, 1.807) is 45.2 Å². The van der Waals surface area contributed by atoms with Crippen LogP contribution in [0.4, 0.5) is 23.1 Å². The van der Waals surface area contributed by atoms with Crippen molar-refractivity contribution in [3.63, 3.8) is 0 Å². The van der Waals surface area contributed by atoms with Crippen molar-refractivity contribution in [2.75, 3.05) is 38.4 Å². The van der Waals surface area contributed by atoms with Gasteiger partial charge in [-0.15, -0.1) is 0 Å². The molecule has 0 unspecified atom stereocenters. The Kier molecular flexibility index (Phi) is 8.74. The number of nitrogens with zero attached hydrogens (tertiary/aromatic N) is 3. The van der Waals surface area contributed by atoms with Crippen LogP contribution in [0.25, 0.3) is 0 Å². The molecule has 0 bridgehead atoms. The summed E-state index contributed by atoms with van der Waals surface area (Å²) in [6, 6.07) is 10.9. The number of hydrogen-bond acceptors (Lipinski definition) is 7. The highest BCUT2D eigenvalue weighted by atomic mass is 127. The quantitative estimate of drug-likeness (QED) is 0.301. The van der Waals surface area contributed by atoms with Crippen LogP contribution in [0.1, 0.15) is 25.0 Å². The molecular formula is C25H31ClIN5O3S. The lowest BCUT2D eigenvalue weighted by Gasteiger charge is -2.35. The number of anilines is 4. The first-order valence-electron chi connectivity index (χ1n) is 11.4. The van der Waals surface area contributed by atoms with Crippen LogP contribution in [0.5, 0.6) is 5.75 Å². The summed E-state index contributed by atoms with van der Waals surface area (Å²) in [6.07, 6.45) is 2.44. The lowest BCUT2D eigenvalue weighted by molar-refractivity contribution is -0.905. The molecule has 1 aromatic heterocycles. The summed E-state index contributed by atoms with van der Waals surface area (Å²) in [4.78, 5) is 9.03. The highest BCUT2D eigenvalue weighted by Gasteiger charge is 2.26. The fourth-order valence-electron chi connectivity index (χ4n) is 4.11. The Morgan fingerprint density at radius 3 is 2.50 bits per heavy atom. The van der Waals surface area contributed by atoms with Gasteiger partial charge in [-0.05, 0) is 43.7 Å². The number of ether oxygens (including phenoxy) is 1. The Morgan fingerprint density at radius 1 is 1.08 bits per heavy atom. The van der Waals surface area contributed by atoms with E-state index in [-0.39, 0.29) is 33.9 Å². The molecule has 2 N–H and O–H groups in total. The molecule has 4 rings (SSSR count). The lowest BCUT2D eigenvalue weighted by atomic mass is 9.97. The molecule has 0 spiro atoms. The van der Waals surface area contributed by atoms with Crippen LogP contribution < -0.4 is 39.3 Å². The second kappa shape index (κ2) is 11.1. The molecule has 0 atom stereocenters. The van der Waals surface area contributed by atoms with Crippen molar-refractivity contribution in [2.24, 2.45) is 0 Å². The fourth-order valence-corrected chi connectivity index (χ4v) is 5.45. The molecule has 1 aliphatic heterocycles. The van der Waals surface area contributed by atoms with E-state index in [0.29, 0.717) is 23.2 Å². The number of methoxy groups -OCH3 is 1. The SMILES string of the molecule is COc1cc2c(cc1Nc1ncc(Cl)c(Nc3ccccc3S(=O)(=O)C(C)C)n1)CC[N+](C)(C)C2.[I-]. The minimum Gasteiger partial charge on any atom is -1.00 e. The number of halogens is 2. The van der Waals surface area contributed by atoms with E-state index in [1.807, 2.05) is 0 Å². The number of benzene rings is 2. The maximum atomic E-state index is 12.8. The van der Waals surface area contributed by atoms with Crippen molar-refractivity contribution in [2.45, 2.75) is 37.0 Å². The summed E-state index contributed by atoms with van der Waals surface area (Å²) in [7, 11) is 2.58. The molecule has 0 amide bonds. The second-order valence-electron chi connectivity index (χ2n) is 9.62. The summed E-state index contributed by atoms with van der Waals surface area (Å²) in [6.45, 7) is 5.30.